The molecule has 0 radical (unpaired) electrons. The van der Waals surface area contributed by atoms with Crippen molar-refractivity contribution in [1.29, 1.82) is 0 Å². The van der Waals surface area contributed by atoms with Crippen molar-refractivity contribution in [3.63, 3.8) is 0 Å². The van der Waals surface area contributed by atoms with Gasteiger partial charge in [-0.15, -0.1) is 11.3 Å². The van der Waals surface area contributed by atoms with Crippen LogP contribution >= 0.6 is 11.3 Å². The van der Waals surface area contributed by atoms with E-state index in [0.717, 1.165) is 0 Å². The zero-order valence-electron chi connectivity index (χ0n) is 11.0. The van der Waals surface area contributed by atoms with Gasteiger partial charge in [0.1, 0.15) is 5.69 Å². The molecule has 1 unspecified atom stereocenters. The predicted octanol–water partition coefficient (Wildman–Crippen LogP) is 2.18. The van der Waals surface area contributed by atoms with Crippen molar-refractivity contribution in [2.75, 3.05) is 20.6 Å². The average molecular weight is 275 g/mol. The second kappa shape index (κ2) is 6.45. The molecule has 1 atom stereocenters. The highest BCUT2D eigenvalue weighted by Gasteiger charge is 2.16. The van der Waals surface area contributed by atoms with Crippen LogP contribution in [0.4, 0.5) is 0 Å². The molecule has 1 aromatic carbocycles. The molecule has 0 aliphatic carbocycles. The number of hydrogen-bond acceptors (Lipinski definition) is 4. The molecule has 0 saturated carbocycles. The van der Waals surface area contributed by atoms with Gasteiger partial charge in [-0.3, -0.25) is 4.79 Å². The molecule has 1 N–H and O–H groups in total. The first-order valence-electron chi connectivity index (χ1n) is 6.06. The number of hydrogen-bond donors (Lipinski definition) is 1. The molecule has 0 bridgehead atoms. The van der Waals surface area contributed by atoms with Gasteiger partial charge in [0.25, 0.3) is 5.91 Å². The number of nitrogens with one attached hydrogen (secondary N) is 1. The van der Waals surface area contributed by atoms with E-state index in [1.165, 1.54) is 16.9 Å². The van der Waals surface area contributed by atoms with Crippen molar-refractivity contribution in [2.24, 2.45) is 0 Å². The van der Waals surface area contributed by atoms with E-state index in [0.29, 0.717) is 12.2 Å². The molecule has 1 aromatic heterocycles. The molecule has 5 heteroatoms. The summed E-state index contributed by atoms with van der Waals surface area (Å²) in [6.45, 7) is 0.563. The molecule has 0 aliphatic heterocycles. The number of aromatic nitrogens is 1. The van der Waals surface area contributed by atoms with Crippen molar-refractivity contribution in [2.45, 2.75) is 6.04 Å². The standard InChI is InChI=1S/C14H17N3OS/c1-17(2)13(11-6-4-3-5-7-11)8-15-14(18)12-9-19-10-16-12/h3-7,9-10,13H,8H2,1-2H3,(H,15,18). The van der Waals surface area contributed by atoms with Crippen LogP contribution in [0.2, 0.25) is 0 Å². The minimum atomic E-state index is -0.121. The van der Waals surface area contributed by atoms with Gasteiger partial charge in [0.15, 0.2) is 0 Å². The maximum atomic E-state index is 11.9. The number of likely N-dealkylation sites (N-methyl/N-ethyl adjacent to an activating group) is 1. The van der Waals surface area contributed by atoms with Crippen molar-refractivity contribution < 1.29 is 4.79 Å². The van der Waals surface area contributed by atoms with E-state index in [9.17, 15) is 4.79 Å². The summed E-state index contributed by atoms with van der Waals surface area (Å²) < 4.78 is 0. The molecule has 0 fully saturated rings. The Morgan fingerprint density at radius 3 is 2.68 bits per heavy atom. The summed E-state index contributed by atoms with van der Waals surface area (Å²) in [5.41, 5.74) is 3.33. The zero-order valence-corrected chi connectivity index (χ0v) is 11.9. The number of rotatable bonds is 5. The largest absolute Gasteiger partial charge is 0.349 e. The van der Waals surface area contributed by atoms with E-state index in [1.54, 1.807) is 10.9 Å². The zero-order chi connectivity index (χ0) is 13.7. The normalized spacial score (nSPS) is 12.4. The lowest BCUT2D eigenvalue weighted by molar-refractivity contribution is 0.0937. The van der Waals surface area contributed by atoms with Crippen LogP contribution in [0.15, 0.2) is 41.2 Å². The third-order valence-corrected chi connectivity index (χ3v) is 3.52. The second-order valence-electron chi connectivity index (χ2n) is 4.47. The highest BCUT2D eigenvalue weighted by atomic mass is 32.1. The van der Waals surface area contributed by atoms with Gasteiger partial charge in [0.2, 0.25) is 0 Å². The van der Waals surface area contributed by atoms with Crippen LogP contribution in [0.3, 0.4) is 0 Å². The Hall–Kier alpha value is -1.72. The molecule has 2 aromatic rings. The Balaban J connectivity index is 2.01. The Kier molecular flexibility index (Phi) is 4.65. The van der Waals surface area contributed by atoms with Crippen LogP contribution in [0.1, 0.15) is 22.1 Å². The van der Waals surface area contributed by atoms with Crippen LogP contribution in [0, 0.1) is 0 Å². The highest BCUT2D eigenvalue weighted by Crippen LogP contribution is 2.16. The summed E-state index contributed by atoms with van der Waals surface area (Å²) in [5.74, 6) is -0.121. The third-order valence-electron chi connectivity index (χ3n) is 2.93. The first-order valence-corrected chi connectivity index (χ1v) is 7.00. The Bertz CT molecular complexity index is 511. The molecule has 100 valence electrons. The summed E-state index contributed by atoms with van der Waals surface area (Å²) in [5, 5.41) is 4.68. The van der Waals surface area contributed by atoms with Gasteiger partial charge in [-0.05, 0) is 19.7 Å². The van der Waals surface area contributed by atoms with Crippen LogP contribution in [-0.2, 0) is 0 Å². The molecular formula is C14H17N3OS. The summed E-state index contributed by atoms with van der Waals surface area (Å²) in [6, 6.07) is 10.3. The molecule has 19 heavy (non-hydrogen) atoms. The minimum absolute atomic E-state index is 0.121. The SMILES string of the molecule is CN(C)C(CNC(=O)c1cscn1)c1ccccc1. The average Bonchev–Trinajstić information content (AvgIpc) is 2.93. The maximum absolute atomic E-state index is 11.9. The second-order valence-corrected chi connectivity index (χ2v) is 5.19. The molecule has 2 rings (SSSR count). The number of benzene rings is 1. The fourth-order valence-corrected chi connectivity index (χ4v) is 2.41. The van der Waals surface area contributed by atoms with Crippen LogP contribution in [0.25, 0.3) is 0 Å². The lowest BCUT2D eigenvalue weighted by Gasteiger charge is -2.24. The molecular weight excluding hydrogens is 258 g/mol. The van der Waals surface area contributed by atoms with Crippen molar-refractivity contribution in [3.05, 3.63) is 52.5 Å². The third kappa shape index (κ3) is 3.62. The van der Waals surface area contributed by atoms with Crippen LogP contribution in [-0.4, -0.2) is 36.4 Å². The van der Waals surface area contributed by atoms with E-state index in [2.05, 4.69) is 27.3 Å². The number of nitrogens with zero attached hydrogens (tertiary/aromatic N) is 2. The van der Waals surface area contributed by atoms with Gasteiger partial charge in [-0.1, -0.05) is 30.3 Å². The number of carbonyl (C=O) groups excluding carboxylic acids is 1. The molecule has 1 amide bonds. The first-order chi connectivity index (χ1) is 9.18. The van der Waals surface area contributed by atoms with E-state index in [4.69, 9.17) is 0 Å². The van der Waals surface area contributed by atoms with Crippen molar-refractivity contribution in [3.8, 4) is 0 Å². The fraction of sp³-hybridized carbons (Fsp3) is 0.286. The topological polar surface area (TPSA) is 45.2 Å². The van der Waals surface area contributed by atoms with Gasteiger partial charge in [-0.25, -0.2) is 4.98 Å². The Morgan fingerprint density at radius 1 is 1.37 bits per heavy atom. The van der Waals surface area contributed by atoms with Gasteiger partial charge in [0, 0.05) is 11.9 Å². The van der Waals surface area contributed by atoms with Crippen LogP contribution in [0.5, 0.6) is 0 Å². The Labute approximate surface area is 117 Å². The number of carbonyl (C=O) groups is 1. The first kappa shape index (κ1) is 13.7. The minimum Gasteiger partial charge on any atom is -0.349 e. The quantitative estimate of drug-likeness (QED) is 0.909. The predicted molar refractivity (Wildman–Crippen MR) is 77.3 cm³/mol. The lowest BCUT2D eigenvalue weighted by Crippen LogP contribution is -2.34. The molecule has 0 aliphatic rings. The van der Waals surface area contributed by atoms with E-state index >= 15 is 0 Å². The monoisotopic (exact) mass is 275 g/mol. The lowest BCUT2D eigenvalue weighted by atomic mass is 10.1. The van der Waals surface area contributed by atoms with Crippen molar-refractivity contribution in [1.82, 2.24) is 15.2 Å². The summed E-state index contributed by atoms with van der Waals surface area (Å²) in [7, 11) is 4.01. The number of thiazole rings is 1. The van der Waals surface area contributed by atoms with Gasteiger partial charge >= 0.3 is 0 Å². The van der Waals surface area contributed by atoms with E-state index in [1.807, 2.05) is 32.3 Å². The van der Waals surface area contributed by atoms with Gasteiger partial charge in [-0.2, -0.15) is 0 Å². The molecule has 1 heterocycles. The fourth-order valence-electron chi connectivity index (χ4n) is 1.88. The summed E-state index contributed by atoms with van der Waals surface area (Å²) >= 11 is 1.42. The maximum Gasteiger partial charge on any atom is 0.270 e. The van der Waals surface area contributed by atoms with E-state index in [-0.39, 0.29) is 11.9 Å². The molecule has 0 saturated heterocycles. The van der Waals surface area contributed by atoms with E-state index < -0.39 is 0 Å². The number of amides is 1. The Morgan fingerprint density at radius 2 is 2.11 bits per heavy atom. The van der Waals surface area contributed by atoms with Crippen LogP contribution < -0.4 is 5.32 Å². The molecule has 0 spiro atoms. The van der Waals surface area contributed by atoms with Gasteiger partial charge < -0.3 is 10.2 Å². The summed E-state index contributed by atoms with van der Waals surface area (Å²) in [6.07, 6.45) is 0. The van der Waals surface area contributed by atoms with Crippen molar-refractivity contribution >= 4 is 17.2 Å². The molecule has 4 nitrogen and oxygen atoms in total. The summed E-state index contributed by atoms with van der Waals surface area (Å²) in [4.78, 5) is 18.0. The highest BCUT2D eigenvalue weighted by molar-refractivity contribution is 7.07. The smallest absolute Gasteiger partial charge is 0.270 e. The van der Waals surface area contributed by atoms with Gasteiger partial charge in [0.05, 0.1) is 11.6 Å².